The van der Waals surface area contributed by atoms with Crippen molar-refractivity contribution in [3.63, 3.8) is 0 Å². The largest absolute Gasteiger partial charge is 0.465 e. The minimum Gasteiger partial charge on any atom is -0.465 e. The van der Waals surface area contributed by atoms with Gasteiger partial charge in [-0.1, -0.05) is 26.2 Å². The topological polar surface area (TPSA) is 141 Å². The second kappa shape index (κ2) is 11.0. The number of rotatable bonds is 7. The lowest BCUT2D eigenvalue weighted by Crippen LogP contribution is -2.51. The van der Waals surface area contributed by atoms with E-state index in [1.165, 1.54) is 44.9 Å². The number of carbonyl (C=O) groups is 1. The van der Waals surface area contributed by atoms with E-state index in [2.05, 4.69) is 52.8 Å². The Bertz CT molecular complexity index is 1160. The number of nitrogens with one attached hydrogen (secondary N) is 3. The number of hydrogen-bond donors (Lipinski definition) is 4. The van der Waals surface area contributed by atoms with Gasteiger partial charge in [0.05, 0.1) is 25.3 Å². The molecule has 11 nitrogen and oxygen atoms in total. The molecule has 0 aromatic carbocycles. The predicted molar refractivity (Wildman–Crippen MR) is 147 cm³/mol. The molecule has 2 aliphatic carbocycles. The highest BCUT2D eigenvalue weighted by atomic mass is 16.5. The Labute approximate surface area is 224 Å². The Hall–Kier alpha value is -2.95. The first-order chi connectivity index (χ1) is 18.2. The van der Waals surface area contributed by atoms with Crippen molar-refractivity contribution in [2.75, 3.05) is 23.4 Å². The van der Waals surface area contributed by atoms with Gasteiger partial charge in [0.2, 0.25) is 5.95 Å². The summed E-state index contributed by atoms with van der Waals surface area (Å²) in [7, 11) is 0. The number of morpholine rings is 1. The summed E-state index contributed by atoms with van der Waals surface area (Å²) < 4.78 is 8.11. The van der Waals surface area contributed by atoms with Gasteiger partial charge in [0.1, 0.15) is 5.52 Å². The second-order valence-corrected chi connectivity index (χ2v) is 11.8. The number of amidine groups is 1. The lowest BCUT2D eigenvalue weighted by Gasteiger charge is -2.40. The summed E-state index contributed by atoms with van der Waals surface area (Å²) in [5.74, 6) is 3.01. The fourth-order valence-corrected chi connectivity index (χ4v) is 6.21. The van der Waals surface area contributed by atoms with E-state index in [1.54, 1.807) is 0 Å². The van der Waals surface area contributed by atoms with E-state index < -0.39 is 6.09 Å². The molecule has 3 fully saturated rings. The van der Waals surface area contributed by atoms with Crippen LogP contribution in [-0.2, 0) is 11.3 Å². The van der Waals surface area contributed by atoms with Gasteiger partial charge in [-0.15, -0.1) is 0 Å². The van der Waals surface area contributed by atoms with Crippen LogP contribution in [0.3, 0.4) is 0 Å². The van der Waals surface area contributed by atoms with Crippen molar-refractivity contribution in [2.24, 2.45) is 17.8 Å². The van der Waals surface area contributed by atoms with Gasteiger partial charge in [0.25, 0.3) is 0 Å². The lowest BCUT2D eigenvalue weighted by atomic mass is 9.80. The zero-order chi connectivity index (χ0) is 27.0. The van der Waals surface area contributed by atoms with Crippen molar-refractivity contribution in [3.05, 3.63) is 5.82 Å². The minimum absolute atomic E-state index is 0.0222. The van der Waals surface area contributed by atoms with Gasteiger partial charge < -0.3 is 24.6 Å². The van der Waals surface area contributed by atoms with Crippen LogP contribution in [0.4, 0.5) is 16.6 Å². The average Bonchev–Trinajstić information content (AvgIpc) is 3.16. The number of aromatic nitrogens is 4. The smallest absolute Gasteiger partial charge is 0.410 e. The van der Waals surface area contributed by atoms with Gasteiger partial charge in [0.15, 0.2) is 23.1 Å². The van der Waals surface area contributed by atoms with Crippen molar-refractivity contribution in [1.82, 2.24) is 24.8 Å². The van der Waals surface area contributed by atoms with Gasteiger partial charge in [-0.05, 0) is 64.2 Å². The van der Waals surface area contributed by atoms with E-state index in [9.17, 15) is 9.90 Å². The van der Waals surface area contributed by atoms with E-state index in [0.717, 1.165) is 23.9 Å². The van der Waals surface area contributed by atoms with Crippen LogP contribution < -0.4 is 15.5 Å². The molecule has 1 saturated heterocycles. The molecular formula is C27H42N8O3. The number of imidazole rings is 1. The molecule has 38 heavy (non-hydrogen) atoms. The molecule has 2 saturated carbocycles. The van der Waals surface area contributed by atoms with Crippen LogP contribution in [0.5, 0.6) is 0 Å². The summed E-state index contributed by atoms with van der Waals surface area (Å²) >= 11 is 0. The van der Waals surface area contributed by atoms with Gasteiger partial charge in [0, 0.05) is 12.6 Å². The zero-order valence-corrected chi connectivity index (χ0v) is 23.0. The summed E-state index contributed by atoms with van der Waals surface area (Å²) in [6, 6.07) is 0.482. The first kappa shape index (κ1) is 26.6. The van der Waals surface area contributed by atoms with Crippen LogP contribution in [0, 0.1) is 23.2 Å². The zero-order valence-electron chi connectivity index (χ0n) is 23.0. The van der Waals surface area contributed by atoms with E-state index >= 15 is 0 Å². The third-order valence-corrected chi connectivity index (χ3v) is 8.73. The Morgan fingerprint density at radius 3 is 2.37 bits per heavy atom. The highest BCUT2D eigenvalue weighted by Gasteiger charge is 2.33. The predicted octanol–water partition coefficient (Wildman–Crippen LogP) is 4.46. The van der Waals surface area contributed by atoms with Crippen LogP contribution >= 0.6 is 0 Å². The molecule has 0 radical (unpaired) electrons. The number of carboxylic acid groups (broad SMARTS) is 1. The van der Waals surface area contributed by atoms with Crippen LogP contribution in [0.25, 0.3) is 11.2 Å². The van der Waals surface area contributed by atoms with Crippen molar-refractivity contribution in [2.45, 2.75) is 97.3 Å². The number of amides is 1. The molecule has 208 valence electrons. The maximum atomic E-state index is 11.3. The summed E-state index contributed by atoms with van der Waals surface area (Å²) in [5, 5.41) is 23.2. The van der Waals surface area contributed by atoms with Crippen molar-refractivity contribution < 1.29 is 14.6 Å². The molecule has 4 N–H and O–H groups in total. The summed E-state index contributed by atoms with van der Waals surface area (Å²) in [5.41, 5.74) is 1.32. The first-order valence-electron chi connectivity index (χ1n) is 14.2. The lowest BCUT2D eigenvalue weighted by molar-refractivity contribution is 0.0741. The summed E-state index contributed by atoms with van der Waals surface area (Å²) in [6.45, 7) is 10.9. The highest BCUT2D eigenvalue weighted by molar-refractivity contribution is 6.03. The van der Waals surface area contributed by atoms with E-state index in [0.29, 0.717) is 36.5 Å². The highest BCUT2D eigenvalue weighted by Crippen LogP contribution is 2.37. The summed E-state index contributed by atoms with van der Waals surface area (Å²) in [4.78, 5) is 28.0. The third-order valence-electron chi connectivity index (χ3n) is 8.73. The van der Waals surface area contributed by atoms with Crippen molar-refractivity contribution in [1.29, 1.82) is 5.41 Å². The molecule has 1 amide bonds. The number of nitrogens with zero attached hydrogens (tertiary/aromatic N) is 5. The van der Waals surface area contributed by atoms with Gasteiger partial charge >= 0.3 is 6.09 Å². The molecule has 1 aliphatic heterocycles. The molecule has 5 rings (SSSR count). The van der Waals surface area contributed by atoms with Crippen molar-refractivity contribution >= 4 is 34.9 Å². The maximum Gasteiger partial charge on any atom is 0.410 e. The first-order valence-corrected chi connectivity index (χ1v) is 14.2. The quantitative estimate of drug-likeness (QED) is 0.306. The minimum atomic E-state index is -1.32. The fraction of sp³-hybridized carbons (Fsp3) is 0.741. The van der Waals surface area contributed by atoms with E-state index in [-0.39, 0.29) is 29.8 Å². The van der Waals surface area contributed by atoms with Crippen LogP contribution in [-0.4, -0.2) is 67.9 Å². The molecule has 0 bridgehead atoms. The van der Waals surface area contributed by atoms with Gasteiger partial charge in [-0.2, -0.15) is 4.98 Å². The van der Waals surface area contributed by atoms with Gasteiger partial charge in [-0.3, -0.25) is 10.7 Å². The molecule has 2 aromatic rings. The SMILES string of the molecule is C[C@@H]1COC[C@@H](C)N1c1nc2nc(C(=N)NC(=O)O)nc(N[C@H](C)C3CCC3)c2n1C[C@H]1CC[C@H](C)CC1. The van der Waals surface area contributed by atoms with E-state index in [1.807, 2.05) is 0 Å². The Morgan fingerprint density at radius 2 is 1.76 bits per heavy atom. The second-order valence-electron chi connectivity index (χ2n) is 11.8. The monoisotopic (exact) mass is 526 g/mol. The normalized spacial score (nSPS) is 27.1. The average molecular weight is 527 g/mol. The molecule has 3 heterocycles. The molecule has 3 atom stereocenters. The number of hydrogen-bond acceptors (Lipinski definition) is 8. The fourth-order valence-electron chi connectivity index (χ4n) is 6.21. The van der Waals surface area contributed by atoms with Crippen LogP contribution in [0.15, 0.2) is 0 Å². The Morgan fingerprint density at radius 1 is 1.08 bits per heavy atom. The Kier molecular flexibility index (Phi) is 7.74. The van der Waals surface area contributed by atoms with Crippen LogP contribution in [0.2, 0.25) is 0 Å². The van der Waals surface area contributed by atoms with Crippen molar-refractivity contribution in [3.8, 4) is 0 Å². The third kappa shape index (κ3) is 5.43. The molecule has 11 heteroatoms. The van der Waals surface area contributed by atoms with E-state index in [4.69, 9.17) is 20.1 Å². The Balaban J connectivity index is 1.63. The van der Waals surface area contributed by atoms with Gasteiger partial charge in [-0.25, -0.2) is 14.8 Å². The molecule has 0 unspecified atom stereocenters. The molecule has 0 spiro atoms. The summed E-state index contributed by atoms with van der Waals surface area (Å²) in [6.07, 6.45) is 7.12. The molecule has 2 aromatic heterocycles. The molecular weight excluding hydrogens is 484 g/mol. The standard InChI is InChI=1S/C27H42N8O3/c1-15-8-10-19(11-9-15)12-34-21-23(29-18(4)20-6-5-7-20)31-25(22(28)30-27(36)37)32-24(21)33-26(34)35-16(2)13-38-14-17(35)3/h15-20H,5-14H2,1-4H3,(H2,28,30)(H,36,37)(H,29,31,32)/t15-,16-,17-,18-,19-/m1/s1. The number of ether oxygens (including phenoxy) is 1. The number of fused-ring (bicyclic) bond motifs is 1. The van der Waals surface area contributed by atoms with Crippen LogP contribution in [0.1, 0.15) is 78.5 Å². The maximum absolute atomic E-state index is 11.3. The number of anilines is 2. The molecule has 3 aliphatic rings.